The third-order valence-corrected chi connectivity index (χ3v) is 7.07. The predicted molar refractivity (Wildman–Crippen MR) is 123 cm³/mol. The molecular formula is C23H31N7O2. The maximum Gasteiger partial charge on any atom is 0.354 e. The topological polar surface area (TPSA) is 109 Å². The monoisotopic (exact) mass is 437 g/mol. The molecule has 1 aliphatic carbocycles. The van der Waals surface area contributed by atoms with Crippen molar-refractivity contribution < 1.29 is 4.79 Å². The molecule has 0 spiro atoms. The van der Waals surface area contributed by atoms with E-state index in [1.54, 1.807) is 17.2 Å². The predicted octanol–water partition coefficient (Wildman–Crippen LogP) is 0.349. The number of nitrogens with two attached hydrogens (primary N) is 1. The summed E-state index contributed by atoms with van der Waals surface area (Å²) in [7, 11) is 0. The molecule has 170 valence electrons. The first kappa shape index (κ1) is 21.1. The number of hydrogen-bond acceptors (Lipinski definition) is 6. The lowest BCUT2D eigenvalue weighted by atomic mass is 10.1. The van der Waals surface area contributed by atoms with Gasteiger partial charge < -0.3 is 20.9 Å². The Morgan fingerprint density at radius 3 is 2.69 bits per heavy atom. The summed E-state index contributed by atoms with van der Waals surface area (Å²) in [6, 6.07) is 9.46. The Morgan fingerprint density at radius 2 is 1.97 bits per heavy atom. The molecule has 3 aliphatic rings. The van der Waals surface area contributed by atoms with E-state index in [0.717, 1.165) is 69.1 Å². The third kappa shape index (κ3) is 4.41. The van der Waals surface area contributed by atoms with Crippen molar-refractivity contribution in [2.45, 2.75) is 6.42 Å². The summed E-state index contributed by atoms with van der Waals surface area (Å²) in [5, 5.41) is 5.94. The van der Waals surface area contributed by atoms with E-state index < -0.39 is 5.69 Å². The van der Waals surface area contributed by atoms with Crippen LogP contribution in [0.1, 0.15) is 5.56 Å². The fourth-order valence-electron chi connectivity index (χ4n) is 5.14. The van der Waals surface area contributed by atoms with Gasteiger partial charge in [-0.2, -0.15) is 4.98 Å². The van der Waals surface area contributed by atoms with Crippen LogP contribution < -0.4 is 22.1 Å². The molecule has 2 saturated heterocycles. The van der Waals surface area contributed by atoms with Gasteiger partial charge in [0.15, 0.2) is 0 Å². The van der Waals surface area contributed by atoms with Crippen molar-refractivity contribution >= 4 is 11.8 Å². The molecule has 2 atom stereocenters. The molecule has 2 unspecified atom stereocenters. The van der Waals surface area contributed by atoms with Crippen LogP contribution in [0.5, 0.6) is 0 Å². The van der Waals surface area contributed by atoms with Crippen LogP contribution in [-0.4, -0.2) is 77.7 Å². The van der Waals surface area contributed by atoms with Gasteiger partial charge in [0.2, 0.25) is 0 Å². The normalized spacial score (nSPS) is 24.9. The standard InChI is InChI=1S/C23H31N7O2/c24-13-18-19-14-28(15-20(18)19)8-4-16-2-1-3-17(12-16)30-9-5-21(27-23(30)32)26-22(31)29-10-6-25-7-11-29/h1-3,5,9,12,18-20,25H,4,6-8,10-11,13-15,24H2,(H,26,27,31,32). The number of benzene rings is 1. The molecule has 3 fully saturated rings. The Labute approximate surface area is 187 Å². The van der Waals surface area contributed by atoms with E-state index >= 15 is 0 Å². The van der Waals surface area contributed by atoms with Crippen LogP contribution >= 0.6 is 0 Å². The maximum atomic E-state index is 12.6. The molecule has 1 aromatic heterocycles. The second-order valence-electron chi connectivity index (χ2n) is 9.04. The van der Waals surface area contributed by atoms with Crippen LogP contribution in [0.15, 0.2) is 41.3 Å². The van der Waals surface area contributed by atoms with E-state index in [1.807, 2.05) is 18.2 Å². The van der Waals surface area contributed by atoms with Crippen molar-refractivity contribution in [3.63, 3.8) is 0 Å². The summed E-state index contributed by atoms with van der Waals surface area (Å²) in [6.07, 6.45) is 2.62. The molecule has 0 radical (unpaired) electrons. The molecule has 2 aromatic rings. The van der Waals surface area contributed by atoms with E-state index in [2.05, 4.69) is 26.6 Å². The smallest absolute Gasteiger partial charge is 0.330 e. The molecule has 9 heteroatoms. The first-order valence-electron chi connectivity index (χ1n) is 11.5. The minimum Gasteiger partial charge on any atom is -0.330 e. The SMILES string of the molecule is NCC1C2CN(CCc3cccc(-n4ccc(NC(=O)N5CCNCC5)nc4=O)c3)CC12. The van der Waals surface area contributed by atoms with E-state index in [-0.39, 0.29) is 11.8 Å². The van der Waals surface area contributed by atoms with Gasteiger partial charge in [-0.25, -0.2) is 9.59 Å². The quantitative estimate of drug-likeness (QED) is 0.602. The Balaban J connectivity index is 1.20. The Morgan fingerprint density at radius 1 is 1.19 bits per heavy atom. The minimum atomic E-state index is -0.410. The van der Waals surface area contributed by atoms with Gasteiger partial charge >= 0.3 is 11.7 Å². The van der Waals surface area contributed by atoms with Crippen LogP contribution in [-0.2, 0) is 6.42 Å². The first-order chi connectivity index (χ1) is 15.6. The van der Waals surface area contributed by atoms with Crippen LogP contribution in [0.2, 0.25) is 0 Å². The molecule has 1 saturated carbocycles. The van der Waals surface area contributed by atoms with Gasteiger partial charge in [-0.1, -0.05) is 12.1 Å². The molecule has 0 bridgehead atoms. The van der Waals surface area contributed by atoms with Crippen LogP contribution in [0.3, 0.4) is 0 Å². The van der Waals surface area contributed by atoms with Gasteiger partial charge in [-0.3, -0.25) is 9.88 Å². The summed E-state index contributed by atoms with van der Waals surface area (Å²) in [5.74, 6) is 2.64. The van der Waals surface area contributed by atoms with E-state index in [4.69, 9.17) is 5.73 Å². The fraction of sp³-hybridized carbons (Fsp3) is 0.522. The summed E-state index contributed by atoms with van der Waals surface area (Å²) in [6.45, 7) is 7.00. The average Bonchev–Trinajstić information content (AvgIpc) is 3.30. The Kier molecular flexibility index (Phi) is 5.95. The number of hydrogen-bond donors (Lipinski definition) is 3. The highest BCUT2D eigenvalue weighted by Crippen LogP contribution is 2.50. The van der Waals surface area contributed by atoms with Crippen molar-refractivity contribution in [1.82, 2.24) is 24.7 Å². The highest BCUT2D eigenvalue weighted by molar-refractivity contribution is 5.88. The van der Waals surface area contributed by atoms with Crippen LogP contribution in [0, 0.1) is 17.8 Å². The van der Waals surface area contributed by atoms with Crippen molar-refractivity contribution in [2.75, 3.05) is 57.7 Å². The summed E-state index contributed by atoms with van der Waals surface area (Å²) < 4.78 is 1.51. The Hall–Kier alpha value is -2.75. The first-order valence-corrected chi connectivity index (χ1v) is 11.5. The van der Waals surface area contributed by atoms with Gasteiger partial charge in [0, 0.05) is 52.0 Å². The zero-order valence-corrected chi connectivity index (χ0v) is 18.2. The molecule has 2 aliphatic heterocycles. The van der Waals surface area contributed by atoms with Crippen molar-refractivity contribution in [2.24, 2.45) is 23.5 Å². The highest BCUT2D eigenvalue weighted by atomic mass is 16.2. The number of rotatable bonds is 6. The number of fused-ring (bicyclic) bond motifs is 1. The third-order valence-electron chi connectivity index (χ3n) is 7.07. The average molecular weight is 438 g/mol. The molecule has 2 amide bonds. The number of piperidine rings is 1. The molecule has 32 heavy (non-hydrogen) atoms. The number of piperazine rings is 1. The zero-order chi connectivity index (χ0) is 22.1. The zero-order valence-electron chi connectivity index (χ0n) is 18.2. The molecule has 5 rings (SSSR count). The molecule has 9 nitrogen and oxygen atoms in total. The lowest BCUT2D eigenvalue weighted by molar-refractivity contribution is 0.204. The molecule has 1 aromatic carbocycles. The fourth-order valence-corrected chi connectivity index (χ4v) is 5.14. The van der Waals surface area contributed by atoms with Gasteiger partial charge in [0.05, 0.1) is 5.69 Å². The summed E-state index contributed by atoms with van der Waals surface area (Å²) in [4.78, 5) is 33.3. The van der Waals surface area contributed by atoms with E-state index in [0.29, 0.717) is 13.1 Å². The van der Waals surface area contributed by atoms with Gasteiger partial charge in [0.1, 0.15) is 5.82 Å². The summed E-state index contributed by atoms with van der Waals surface area (Å²) >= 11 is 0. The van der Waals surface area contributed by atoms with Crippen LogP contribution in [0.25, 0.3) is 5.69 Å². The lowest BCUT2D eigenvalue weighted by Crippen LogP contribution is -2.48. The van der Waals surface area contributed by atoms with Crippen molar-refractivity contribution in [1.29, 1.82) is 0 Å². The molecular weight excluding hydrogens is 406 g/mol. The highest BCUT2D eigenvalue weighted by Gasteiger charge is 2.54. The number of urea groups is 1. The van der Waals surface area contributed by atoms with E-state index in [9.17, 15) is 9.59 Å². The number of carbonyl (C=O) groups excluding carboxylic acids is 1. The van der Waals surface area contributed by atoms with E-state index in [1.165, 1.54) is 10.1 Å². The number of aromatic nitrogens is 2. The molecule has 4 N–H and O–H groups in total. The maximum absolute atomic E-state index is 12.6. The van der Waals surface area contributed by atoms with Crippen molar-refractivity contribution in [3.05, 3.63) is 52.6 Å². The number of nitrogens with zero attached hydrogens (tertiary/aromatic N) is 4. The van der Waals surface area contributed by atoms with Gasteiger partial charge in [-0.15, -0.1) is 0 Å². The van der Waals surface area contributed by atoms with Gasteiger partial charge in [0.25, 0.3) is 0 Å². The number of anilines is 1. The molecule has 3 heterocycles. The van der Waals surface area contributed by atoms with Gasteiger partial charge in [-0.05, 0) is 54.5 Å². The largest absolute Gasteiger partial charge is 0.354 e. The van der Waals surface area contributed by atoms with Crippen molar-refractivity contribution in [3.8, 4) is 5.69 Å². The number of amides is 2. The van der Waals surface area contributed by atoms with Crippen LogP contribution in [0.4, 0.5) is 10.6 Å². The second-order valence-corrected chi connectivity index (χ2v) is 9.04. The minimum absolute atomic E-state index is 0.226. The number of likely N-dealkylation sites (tertiary alicyclic amines) is 1. The lowest BCUT2D eigenvalue weighted by Gasteiger charge is -2.27. The Bertz CT molecular complexity index is 1020. The summed E-state index contributed by atoms with van der Waals surface area (Å²) in [5.41, 5.74) is 7.38. The second kappa shape index (κ2) is 9.01. The number of carbonyl (C=O) groups is 1. The number of nitrogens with one attached hydrogen (secondary N) is 2.